The van der Waals surface area contributed by atoms with Crippen molar-refractivity contribution in [3.8, 4) is 11.5 Å². The van der Waals surface area contributed by atoms with Crippen LogP contribution >= 0.6 is 0 Å². The number of nitrogens with one attached hydrogen (secondary N) is 1. The van der Waals surface area contributed by atoms with Gasteiger partial charge >= 0.3 is 0 Å². The number of carbonyl (C=O) groups is 2. The van der Waals surface area contributed by atoms with E-state index < -0.39 is 17.2 Å². The van der Waals surface area contributed by atoms with E-state index in [-0.39, 0.29) is 11.7 Å². The molecule has 1 aromatic carbocycles. The molecule has 0 radical (unpaired) electrons. The van der Waals surface area contributed by atoms with Gasteiger partial charge in [0, 0.05) is 31.0 Å². The van der Waals surface area contributed by atoms with Crippen molar-refractivity contribution in [3.63, 3.8) is 0 Å². The van der Waals surface area contributed by atoms with Crippen molar-refractivity contribution in [1.82, 2.24) is 5.32 Å². The first-order valence-electron chi connectivity index (χ1n) is 11.4. The summed E-state index contributed by atoms with van der Waals surface area (Å²) in [4.78, 5) is 25.8. The van der Waals surface area contributed by atoms with Crippen LogP contribution in [0.1, 0.15) is 42.5 Å². The number of benzene rings is 1. The van der Waals surface area contributed by atoms with Crippen molar-refractivity contribution in [2.24, 2.45) is 28.9 Å². The number of rotatable bonds is 6. The lowest BCUT2D eigenvalue weighted by Crippen LogP contribution is -2.47. The minimum Gasteiger partial charge on any atom is -0.458 e. The van der Waals surface area contributed by atoms with Gasteiger partial charge in [-0.05, 0) is 61.4 Å². The number of nitrogens with two attached hydrogens (primary N) is 4. The summed E-state index contributed by atoms with van der Waals surface area (Å²) >= 11 is 0. The van der Waals surface area contributed by atoms with Gasteiger partial charge in [-0.1, -0.05) is 6.42 Å². The Morgan fingerprint density at radius 1 is 0.882 bits per heavy atom. The lowest BCUT2D eigenvalue weighted by atomic mass is 9.92. The van der Waals surface area contributed by atoms with E-state index in [4.69, 9.17) is 32.4 Å². The molecule has 1 aliphatic heterocycles. The first-order chi connectivity index (χ1) is 16.1. The quantitative estimate of drug-likeness (QED) is 0.239. The lowest BCUT2D eigenvalue weighted by molar-refractivity contribution is -0.123. The lowest BCUT2D eigenvalue weighted by Gasteiger charge is -2.23. The zero-order valence-electron chi connectivity index (χ0n) is 19.0. The topological polar surface area (TPSA) is 169 Å². The van der Waals surface area contributed by atoms with Crippen LogP contribution in [0.4, 0.5) is 0 Å². The minimum absolute atomic E-state index is 0.253. The third-order valence-electron chi connectivity index (χ3n) is 5.92. The summed E-state index contributed by atoms with van der Waals surface area (Å²) in [7, 11) is 0. The van der Waals surface area contributed by atoms with Crippen molar-refractivity contribution < 1.29 is 19.1 Å². The fraction of sp³-hybridized carbons (Fsp3) is 0.360. The molecule has 1 saturated heterocycles. The number of carbonyl (C=O) groups excluding carboxylic acids is 2. The van der Waals surface area contributed by atoms with Crippen LogP contribution in [0.2, 0.25) is 0 Å². The molecule has 1 unspecified atom stereocenters. The predicted molar refractivity (Wildman–Crippen MR) is 128 cm³/mol. The minimum atomic E-state index is -0.924. The van der Waals surface area contributed by atoms with Gasteiger partial charge in [-0.15, -0.1) is 0 Å². The maximum atomic E-state index is 13.3. The summed E-state index contributed by atoms with van der Waals surface area (Å²) in [6.07, 6.45) is 13.2. The number of allylic oxidation sites excluding steroid dienone is 2. The van der Waals surface area contributed by atoms with Crippen molar-refractivity contribution in [2.45, 2.75) is 43.4 Å². The van der Waals surface area contributed by atoms with Crippen LogP contribution in [0.15, 0.2) is 66.2 Å². The zero-order chi connectivity index (χ0) is 24.3. The van der Waals surface area contributed by atoms with Gasteiger partial charge < -0.3 is 37.7 Å². The maximum Gasteiger partial charge on any atom is 0.230 e. The number of ketones is 1. The summed E-state index contributed by atoms with van der Waals surface area (Å²) in [6, 6.07) is 4.90. The molecule has 9 nitrogen and oxygen atoms in total. The van der Waals surface area contributed by atoms with E-state index in [0.29, 0.717) is 54.4 Å². The van der Waals surface area contributed by atoms with Gasteiger partial charge in [-0.2, -0.15) is 0 Å². The van der Waals surface area contributed by atoms with Gasteiger partial charge in [-0.3, -0.25) is 9.59 Å². The van der Waals surface area contributed by atoms with Crippen LogP contribution in [0, 0.1) is 5.92 Å². The second-order valence-electron chi connectivity index (χ2n) is 9.11. The van der Waals surface area contributed by atoms with E-state index in [2.05, 4.69) is 5.32 Å². The van der Waals surface area contributed by atoms with Gasteiger partial charge in [0.05, 0.1) is 11.3 Å². The third-order valence-corrected chi connectivity index (χ3v) is 5.92. The summed E-state index contributed by atoms with van der Waals surface area (Å²) in [5.74, 6) is 0.584. The molecule has 34 heavy (non-hydrogen) atoms. The number of hydrogen-bond acceptors (Lipinski definition) is 8. The molecule has 3 aliphatic rings. The molecule has 1 heterocycles. The molecule has 0 saturated carbocycles. The average molecular weight is 466 g/mol. The van der Waals surface area contributed by atoms with Gasteiger partial charge in [0.15, 0.2) is 5.78 Å². The number of amides is 1. The monoisotopic (exact) mass is 465 g/mol. The first kappa shape index (κ1) is 23.9. The smallest absolute Gasteiger partial charge is 0.230 e. The largest absolute Gasteiger partial charge is 0.458 e. The molecule has 180 valence electrons. The first-order valence-corrected chi connectivity index (χ1v) is 11.4. The van der Waals surface area contributed by atoms with Crippen LogP contribution < -0.4 is 37.7 Å². The molecular formula is C25H31N5O4. The molecule has 2 aliphatic carbocycles. The highest BCUT2D eigenvalue weighted by atomic mass is 16.5. The predicted octanol–water partition coefficient (Wildman–Crippen LogP) is 1.46. The number of Topliss-reactive ketones (excluding diaryl/α,β-unsaturated/α-hetero) is 1. The van der Waals surface area contributed by atoms with Gasteiger partial charge in [-0.25, -0.2) is 0 Å². The van der Waals surface area contributed by atoms with E-state index in [1.54, 1.807) is 54.7 Å². The van der Waals surface area contributed by atoms with Crippen LogP contribution in [-0.4, -0.2) is 29.6 Å². The molecule has 9 N–H and O–H groups in total. The molecule has 0 bridgehead atoms. The molecule has 4 rings (SSSR count). The Hall–Kier alpha value is -3.24. The molecule has 1 fully saturated rings. The van der Waals surface area contributed by atoms with E-state index in [9.17, 15) is 9.59 Å². The van der Waals surface area contributed by atoms with Crippen molar-refractivity contribution in [2.75, 3.05) is 6.54 Å². The number of hydrogen-bond donors (Lipinski definition) is 5. The van der Waals surface area contributed by atoms with E-state index in [1.807, 2.05) is 0 Å². The van der Waals surface area contributed by atoms with Gasteiger partial charge in [0.2, 0.25) is 5.91 Å². The fourth-order valence-electron chi connectivity index (χ4n) is 3.95. The van der Waals surface area contributed by atoms with E-state index in [0.717, 1.165) is 12.8 Å². The summed E-state index contributed by atoms with van der Waals surface area (Å²) in [6.45, 7) is 0.578. The Balaban J connectivity index is 1.62. The average Bonchev–Trinajstić information content (AvgIpc) is 3.00. The molecule has 0 aromatic heterocycles. The second kappa shape index (κ2) is 9.55. The number of ether oxygens (including phenoxy) is 2. The summed E-state index contributed by atoms with van der Waals surface area (Å²) in [5, 5.41) is 2.82. The normalized spacial score (nSPS) is 23.3. The molecule has 1 aromatic rings. The Morgan fingerprint density at radius 3 is 1.94 bits per heavy atom. The van der Waals surface area contributed by atoms with E-state index in [1.165, 1.54) is 0 Å². The highest BCUT2D eigenvalue weighted by Gasteiger charge is 2.30. The van der Waals surface area contributed by atoms with Gasteiger partial charge in [0.1, 0.15) is 28.9 Å². The summed E-state index contributed by atoms with van der Waals surface area (Å²) in [5.41, 5.74) is 22.1. The standard InChI is InChI=1S/C25H31N5O4/c26-24(27)8-4-17(5-9-24)33-19-13-16(22(31)21-3-1-2-12-30-23(21)32)14-20(15-19)34-18-6-10-25(28,29)11-7-18/h4-8,10,13-15,21H,1-3,9,11-12,26-29H2,(H,30,32). The van der Waals surface area contributed by atoms with E-state index >= 15 is 0 Å². The highest BCUT2D eigenvalue weighted by Crippen LogP contribution is 2.30. The Morgan fingerprint density at radius 2 is 1.44 bits per heavy atom. The van der Waals surface area contributed by atoms with Crippen molar-refractivity contribution in [1.29, 1.82) is 0 Å². The SMILES string of the molecule is NC1(N)C=CC(Oc2cc(OC3=CCC(N)(N)C=C3)cc(C(=O)C3CCCCNC3=O)c2)=CC1. The molecular weight excluding hydrogens is 434 g/mol. The van der Waals surface area contributed by atoms with Crippen LogP contribution in [0.3, 0.4) is 0 Å². The Bertz CT molecular complexity index is 1040. The molecule has 0 spiro atoms. The van der Waals surface area contributed by atoms with Crippen molar-refractivity contribution >= 4 is 11.7 Å². The third kappa shape index (κ3) is 6.00. The van der Waals surface area contributed by atoms with Crippen LogP contribution in [0.25, 0.3) is 0 Å². The molecule has 1 atom stereocenters. The Kier molecular flexibility index (Phi) is 6.72. The van der Waals surface area contributed by atoms with Gasteiger partial charge in [0.25, 0.3) is 0 Å². The van der Waals surface area contributed by atoms with Crippen molar-refractivity contribution in [3.05, 3.63) is 71.7 Å². The zero-order valence-corrected chi connectivity index (χ0v) is 19.0. The van der Waals surface area contributed by atoms with Crippen LogP contribution in [-0.2, 0) is 4.79 Å². The molecule has 9 heteroatoms. The fourth-order valence-corrected chi connectivity index (χ4v) is 3.95. The highest BCUT2D eigenvalue weighted by molar-refractivity contribution is 6.10. The molecule has 1 amide bonds. The van der Waals surface area contributed by atoms with Crippen LogP contribution in [0.5, 0.6) is 11.5 Å². The maximum absolute atomic E-state index is 13.3. The Labute approximate surface area is 198 Å². The second-order valence-corrected chi connectivity index (χ2v) is 9.11. The summed E-state index contributed by atoms with van der Waals surface area (Å²) < 4.78 is 12.0.